The van der Waals surface area contributed by atoms with Gasteiger partial charge in [-0.25, -0.2) is 22.2 Å². The molecule has 0 radical (unpaired) electrons. The number of aliphatic hydroxyl groups excluding tert-OH is 1. The molecule has 1 amide bonds. The average Bonchev–Trinajstić information content (AvgIpc) is 3.82. The molecule has 0 aliphatic carbocycles. The molecule has 52 heavy (non-hydrogen) atoms. The summed E-state index contributed by atoms with van der Waals surface area (Å²) in [5, 5.41) is 13.7. The van der Waals surface area contributed by atoms with Crippen LogP contribution in [0.4, 0.5) is 14.5 Å². The topological polar surface area (TPSA) is 133 Å². The van der Waals surface area contributed by atoms with Gasteiger partial charge in [0.2, 0.25) is 10.0 Å². The summed E-state index contributed by atoms with van der Waals surface area (Å²) in [6.07, 6.45) is 3.26. The van der Waals surface area contributed by atoms with Gasteiger partial charge in [0, 0.05) is 61.1 Å². The number of hydrogen-bond acceptors (Lipinski definition) is 8. The van der Waals surface area contributed by atoms with Crippen molar-refractivity contribution in [3.05, 3.63) is 95.2 Å². The van der Waals surface area contributed by atoms with Crippen LogP contribution in [0.2, 0.25) is 0 Å². The molecule has 8 rings (SSSR count). The molecule has 0 bridgehead atoms. The first-order valence-corrected chi connectivity index (χ1v) is 18.8. The molecule has 2 unspecified atom stereocenters. The molecule has 2 aromatic heterocycles. The highest BCUT2D eigenvalue weighted by Crippen LogP contribution is 2.42. The highest BCUT2D eigenvalue weighted by atomic mass is 32.2. The molecule has 0 spiro atoms. The Morgan fingerprint density at radius 3 is 2.58 bits per heavy atom. The van der Waals surface area contributed by atoms with Gasteiger partial charge in [0.15, 0.2) is 0 Å². The predicted octanol–water partition coefficient (Wildman–Crippen LogP) is 5.26. The number of halogens is 2. The number of aliphatic imine (C=N–C) groups is 2. The summed E-state index contributed by atoms with van der Waals surface area (Å²) in [6, 6.07) is 15.1. The van der Waals surface area contributed by atoms with Crippen LogP contribution in [0.15, 0.2) is 81.1 Å². The predicted molar refractivity (Wildman–Crippen MR) is 198 cm³/mol. The van der Waals surface area contributed by atoms with Gasteiger partial charge in [-0.1, -0.05) is 19.1 Å². The molecule has 11 nitrogen and oxygen atoms in total. The van der Waals surface area contributed by atoms with E-state index in [2.05, 4.69) is 10.2 Å². The summed E-state index contributed by atoms with van der Waals surface area (Å²) >= 11 is 0. The smallest absolute Gasteiger partial charge is 0.255 e. The molecule has 0 saturated carbocycles. The minimum atomic E-state index is -3.79. The maximum atomic E-state index is 15.3. The van der Waals surface area contributed by atoms with Crippen LogP contribution < -0.4 is 9.62 Å². The normalized spacial score (nSPS) is 20.4. The first-order valence-electron chi connectivity index (χ1n) is 16.9. The highest BCUT2D eigenvalue weighted by molar-refractivity contribution is 7.92. The Kier molecular flexibility index (Phi) is 8.16. The first-order chi connectivity index (χ1) is 24.8. The second-order valence-corrected chi connectivity index (χ2v) is 15.6. The number of rotatable bonds is 7. The van der Waals surface area contributed by atoms with Gasteiger partial charge in [-0.15, -0.1) is 0 Å². The van der Waals surface area contributed by atoms with Crippen LogP contribution in [0.25, 0.3) is 38.9 Å². The lowest BCUT2D eigenvalue weighted by Gasteiger charge is -2.33. The van der Waals surface area contributed by atoms with Crippen molar-refractivity contribution < 1.29 is 31.5 Å². The zero-order valence-corrected chi connectivity index (χ0v) is 29.7. The van der Waals surface area contributed by atoms with Crippen LogP contribution in [0.5, 0.6) is 0 Å². The van der Waals surface area contributed by atoms with Crippen molar-refractivity contribution in [2.45, 2.75) is 25.5 Å². The minimum Gasteiger partial charge on any atom is -0.455 e. The van der Waals surface area contributed by atoms with E-state index in [4.69, 9.17) is 14.4 Å². The summed E-state index contributed by atoms with van der Waals surface area (Å²) in [6.45, 7) is 3.68. The summed E-state index contributed by atoms with van der Waals surface area (Å²) < 4.78 is 64.5. The lowest BCUT2D eigenvalue weighted by Crippen LogP contribution is -2.42. The summed E-state index contributed by atoms with van der Waals surface area (Å²) in [4.78, 5) is 25.9. The maximum absolute atomic E-state index is 15.3. The van der Waals surface area contributed by atoms with Gasteiger partial charge in [0.25, 0.3) is 5.91 Å². The molecule has 14 heteroatoms. The van der Waals surface area contributed by atoms with E-state index in [1.807, 2.05) is 23.6 Å². The Hall–Kier alpha value is -5.18. The Morgan fingerprint density at radius 1 is 1.12 bits per heavy atom. The minimum absolute atomic E-state index is 0.197. The second-order valence-electron chi connectivity index (χ2n) is 13.6. The number of carbonyl (C=O) groups is 1. The largest absolute Gasteiger partial charge is 0.455 e. The van der Waals surface area contributed by atoms with Crippen molar-refractivity contribution in [1.82, 2.24) is 14.8 Å². The lowest BCUT2D eigenvalue weighted by molar-refractivity contribution is 0.0964. The molecule has 3 atom stereocenters. The molecule has 5 aromatic rings. The Balaban J connectivity index is 1.34. The standard InChI is InChI=1S/C38H36F2N6O5S/c1-20-14-28(42-36-31-16-24-27(40)6-5-7-29(24)46(31)33(43-35(20)36)19-45-13-12-23(47)18-45)25-15-26-32(17-30(25)44(3)52(4,49)50)51-37(34(26)38(48)41-2)21-8-10-22(39)11-9-21/h5-11,14-17,20,23,35,47H,12-13,18-19H2,1-4H3,(H,41,48)/t20?,23-,35?/m1/s1. The number of amides is 1. The van der Waals surface area contributed by atoms with Gasteiger partial charge in [-0.05, 0) is 55.0 Å². The van der Waals surface area contributed by atoms with Gasteiger partial charge < -0.3 is 14.8 Å². The number of carbonyl (C=O) groups excluding carboxylic acids is 1. The maximum Gasteiger partial charge on any atom is 0.255 e. The average molecular weight is 727 g/mol. The van der Waals surface area contributed by atoms with E-state index >= 15 is 4.39 Å². The number of aliphatic hydroxyl groups is 1. The van der Waals surface area contributed by atoms with Crippen molar-refractivity contribution in [2.75, 3.05) is 44.3 Å². The van der Waals surface area contributed by atoms with E-state index in [0.717, 1.165) is 16.4 Å². The van der Waals surface area contributed by atoms with Crippen LogP contribution in [-0.4, -0.2) is 92.6 Å². The fourth-order valence-electron chi connectivity index (χ4n) is 7.44. The van der Waals surface area contributed by atoms with Crippen LogP contribution in [-0.2, 0) is 10.0 Å². The molecule has 5 heterocycles. The number of aromatic nitrogens is 1. The van der Waals surface area contributed by atoms with Crippen molar-refractivity contribution in [1.29, 1.82) is 0 Å². The van der Waals surface area contributed by atoms with Crippen LogP contribution in [0.1, 0.15) is 35.0 Å². The summed E-state index contributed by atoms with van der Waals surface area (Å²) in [5.41, 5.74) is 3.92. The molecule has 1 saturated heterocycles. The number of hydrogen-bond donors (Lipinski definition) is 2. The Bertz CT molecular complexity index is 2500. The number of nitrogens with one attached hydrogen (secondary N) is 1. The van der Waals surface area contributed by atoms with Gasteiger partial charge in [0.1, 0.15) is 34.9 Å². The van der Waals surface area contributed by atoms with E-state index in [0.29, 0.717) is 70.6 Å². The molecule has 2 N–H and O–H groups in total. The van der Waals surface area contributed by atoms with Gasteiger partial charge >= 0.3 is 0 Å². The van der Waals surface area contributed by atoms with Crippen molar-refractivity contribution in [2.24, 2.45) is 15.9 Å². The third kappa shape index (κ3) is 5.61. The van der Waals surface area contributed by atoms with Gasteiger partial charge in [-0.2, -0.15) is 0 Å². The van der Waals surface area contributed by atoms with Gasteiger partial charge in [-0.3, -0.25) is 23.6 Å². The monoisotopic (exact) mass is 726 g/mol. The third-order valence-corrected chi connectivity index (χ3v) is 11.3. The molecular formula is C38H36F2N6O5S. The van der Waals surface area contributed by atoms with E-state index in [-0.39, 0.29) is 34.3 Å². The molecule has 268 valence electrons. The number of β-amino-alcohol motifs (C(OH)–C–C–N with tert-alkyl or cyclic N) is 1. The van der Waals surface area contributed by atoms with E-state index < -0.39 is 33.9 Å². The van der Waals surface area contributed by atoms with E-state index in [1.54, 1.807) is 24.3 Å². The van der Waals surface area contributed by atoms with Crippen molar-refractivity contribution >= 4 is 60.7 Å². The third-order valence-electron chi connectivity index (χ3n) is 10.1. The van der Waals surface area contributed by atoms with Crippen LogP contribution in [0, 0.1) is 17.6 Å². The zero-order chi connectivity index (χ0) is 36.6. The molecule has 1 fully saturated rings. The quantitative estimate of drug-likeness (QED) is 0.235. The molecule has 3 aromatic carbocycles. The summed E-state index contributed by atoms with van der Waals surface area (Å²) in [5.74, 6) is -0.596. The lowest BCUT2D eigenvalue weighted by atomic mass is 9.89. The zero-order valence-electron chi connectivity index (χ0n) is 28.9. The molecule has 3 aliphatic rings. The number of benzene rings is 3. The second kappa shape index (κ2) is 12.5. The number of likely N-dealkylation sites (tertiary alicyclic amines) is 1. The van der Waals surface area contributed by atoms with Crippen LogP contribution in [0.3, 0.4) is 0 Å². The number of fused-ring (bicyclic) bond motifs is 6. The molecule has 3 aliphatic heterocycles. The molecular weight excluding hydrogens is 691 g/mol. The fraction of sp³-hybridized carbons (Fsp3) is 0.289. The number of sulfonamides is 1. The Morgan fingerprint density at radius 2 is 1.88 bits per heavy atom. The Labute approximate surface area is 298 Å². The number of anilines is 1. The van der Waals surface area contributed by atoms with Crippen molar-refractivity contribution in [3.8, 4) is 11.3 Å². The number of furan rings is 1. The fourth-order valence-corrected chi connectivity index (χ4v) is 7.95. The summed E-state index contributed by atoms with van der Waals surface area (Å²) in [7, 11) is -0.871. The van der Waals surface area contributed by atoms with Crippen molar-refractivity contribution in [3.63, 3.8) is 0 Å². The van der Waals surface area contributed by atoms with E-state index in [1.165, 1.54) is 44.4 Å². The van der Waals surface area contributed by atoms with Gasteiger partial charge in [0.05, 0.1) is 52.8 Å². The highest BCUT2D eigenvalue weighted by Gasteiger charge is 2.37. The van der Waals surface area contributed by atoms with E-state index in [9.17, 15) is 22.7 Å². The van der Waals surface area contributed by atoms with Crippen LogP contribution >= 0.6 is 0 Å². The number of nitrogens with zero attached hydrogens (tertiary/aromatic N) is 5. The first kappa shape index (κ1) is 33.9. The SMILES string of the molecule is CNC(=O)c1c(-c2ccc(F)cc2)oc2cc(N(C)S(C)(=O)=O)c(C3=CC(C)C4N=C(CN5CC[C@@H](O)C5)n5c(cc6c(F)cccc65)C4=N3)cc12.